The second-order valence-corrected chi connectivity index (χ2v) is 9.88. The summed E-state index contributed by atoms with van der Waals surface area (Å²) >= 11 is 0. The molecular formula is C22H33IN4O3S. The summed E-state index contributed by atoms with van der Waals surface area (Å²) in [4.78, 5) is 7.26. The zero-order valence-electron chi connectivity index (χ0n) is 18.2. The third-order valence-electron chi connectivity index (χ3n) is 5.29. The summed E-state index contributed by atoms with van der Waals surface area (Å²) in [5.41, 5.74) is 0.936. The van der Waals surface area contributed by atoms with Crippen molar-refractivity contribution in [1.29, 1.82) is 0 Å². The molecular weight excluding hydrogens is 527 g/mol. The van der Waals surface area contributed by atoms with Crippen molar-refractivity contribution in [2.24, 2.45) is 22.0 Å². The highest BCUT2D eigenvalue weighted by Crippen LogP contribution is 2.23. The second-order valence-electron chi connectivity index (χ2n) is 8.32. The topological polar surface area (TPSA) is 101 Å². The van der Waals surface area contributed by atoms with Crippen molar-refractivity contribution >= 4 is 40.0 Å². The monoisotopic (exact) mass is 560 g/mol. The van der Waals surface area contributed by atoms with Gasteiger partial charge in [-0.15, -0.1) is 24.0 Å². The molecule has 0 aliphatic carbocycles. The number of furan rings is 1. The van der Waals surface area contributed by atoms with E-state index in [0.717, 1.165) is 43.3 Å². The average molecular weight is 561 g/mol. The molecule has 2 aromatic rings. The van der Waals surface area contributed by atoms with Crippen LogP contribution in [-0.2, 0) is 23.0 Å². The van der Waals surface area contributed by atoms with E-state index >= 15 is 0 Å². The molecule has 1 aromatic heterocycles. The summed E-state index contributed by atoms with van der Waals surface area (Å²) in [7, 11) is -3.68. The summed E-state index contributed by atoms with van der Waals surface area (Å²) in [5, 5.41) is 8.65. The van der Waals surface area contributed by atoms with Crippen LogP contribution in [-0.4, -0.2) is 38.9 Å². The standard InChI is InChI=1S/C22H32N4O3S.HI/c1-17(2)14-19-10-12-26(16-19)22(24-11-9-20-4-3-13-29-20)25-15-18-5-7-21(8-6-18)30(23,27)28;/h3-8,13,17,19H,9-12,14-16H2,1-2H3,(H,24,25)(H2,23,27,28);1H. The van der Waals surface area contributed by atoms with Gasteiger partial charge in [-0.05, 0) is 54.5 Å². The van der Waals surface area contributed by atoms with Crippen molar-refractivity contribution in [3.63, 3.8) is 0 Å². The Morgan fingerprint density at radius 1 is 1.29 bits per heavy atom. The molecule has 1 aliphatic heterocycles. The minimum atomic E-state index is -3.68. The van der Waals surface area contributed by atoms with Crippen LogP contribution in [0.1, 0.15) is 38.0 Å². The Labute approximate surface area is 202 Å². The summed E-state index contributed by atoms with van der Waals surface area (Å²) in [6, 6.07) is 10.4. The minimum absolute atomic E-state index is 0. The molecule has 9 heteroatoms. The Morgan fingerprint density at radius 2 is 2.03 bits per heavy atom. The SMILES string of the molecule is CC(C)CC1CCN(C(=NCc2ccc(S(N)(=O)=O)cc2)NCCc2ccco2)C1.I. The first-order chi connectivity index (χ1) is 14.3. The molecule has 0 amide bonds. The van der Waals surface area contributed by atoms with Crippen molar-refractivity contribution in [3.8, 4) is 0 Å². The van der Waals surface area contributed by atoms with Gasteiger partial charge in [0.05, 0.1) is 17.7 Å². The smallest absolute Gasteiger partial charge is 0.238 e. The molecule has 0 bridgehead atoms. The number of aliphatic imine (C=N–C) groups is 1. The van der Waals surface area contributed by atoms with Gasteiger partial charge in [0.1, 0.15) is 5.76 Å². The first-order valence-corrected chi connectivity index (χ1v) is 12.0. The van der Waals surface area contributed by atoms with Gasteiger partial charge < -0.3 is 14.6 Å². The van der Waals surface area contributed by atoms with Crippen LogP contribution >= 0.6 is 24.0 Å². The van der Waals surface area contributed by atoms with E-state index in [4.69, 9.17) is 14.5 Å². The molecule has 0 radical (unpaired) electrons. The van der Waals surface area contributed by atoms with Crippen LogP contribution in [0.25, 0.3) is 0 Å². The first kappa shape index (κ1) is 25.7. The molecule has 1 unspecified atom stereocenters. The second kappa shape index (κ2) is 11.9. The predicted molar refractivity (Wildman–Crippen MR) is 134 cm³/mol. The lowest BCUT2D eigenvalue weighted by Gasteiger charge is -2.22. The van der Waals surface area contributed by atoms with Crippen LogP contribution < -0.4 is 10.5 Å². The molecule has 0 saturated carbocycles. The summed E-state index contributed by atoms with van der Waals surface area (Å²) in [5.74, 6) is 3.22. The highest BCUT2D eigenvalue weighted by atomic mass is 127. The molecule has 2 heterocycles. The number of sulfonamides is 1. The molecule has 3 rings (SSSR count). The maximum absolute atomic E-state index is 11.4. The number of rotatable bonds is 8. The number of primary sulfonamides is 1. The van der Waals surface area contributed by atoms with Crippen molar-refractivity contribution in [2.45, 2.75) is 44.6 Å². The lowest BCUT2D eigenvalue weighted by atomic mass is 9.97. The number of halogens is 1. The molecule has 1 aromatic carbocycles. The summed E-state index contributed by atoms with van der Waals surface area (Å²) < 4.78 is 28.3. The van der Waals surface area contributed by atoms with Crippen molar-refractivity contribution < 1.29 is 12.8 Å². The summed E-state index contributed by atoms with van der Waals surface area (Å²) in [6.45, 7) is 7.75. The molecule has 1 fully saturated rings. The molecule has 31 heavy (non-hydrogen) atoms. The molecule has 3 N–H and O–H groups in total. The number of likely N-dealkylation sites (tertiary alicyclic amines) is 1. The van der Waals surface area contributed by atoms with E-state index in [1.54, 1.807) is 18.4 Å². The van der Waals surface area contributed by atoms with Gasteiger partial charge in [-0.25, -0.2) is 18.5 Å². The lowest BCUT2D eigenvalue weighted by molar-refractivity contribution is 0.402. The third-order valence-corrected chi connectivity index (χ3v) is 6.22. The Bertz CT molecular complexity index is 928. The highest BCUT2D eigenvalue weighted by Gasteiger charge is 2.25. The highest BCUT2D eigenvalue weighted by molar-refractivity contribution is 14.0. The van der Waals surface area contributed by atoms with Gasteiger partial charge in [0.15, 0.2) is 5.96 Å². The van der Waals surface area contributed by atoms with Gasteiger partial charge in [-0.2, -0.15) is 0 Å². The van der Waals surface area contributed by atoms with Gasteiger partial charge >= 0.3 is 0 Å². The maximum atomic E-state index is 11.4. The Hall–Kier alpha value is -1.59. The maximum Gasteiger partial charge on any atom is 0.238 e. The van der Waals surface area contributed by atoms with Crippen LogP contribution in [0, 0.1) is 11.8 Å². The van der Waals surface area contributed by atoms with E-state index in [1.807, 2.05) is 12.1 Å². The van der Waals surface area contributed by atoms with E-state index < -0.39 is 10.0 Å². The van der Waals surface area contributed by atoms with E-state index in [2.05, 4.69) is 24.1 Å². The van der Waals surface area contributed by atoms with Gasteiger partial charge in [0.25, 0.3) is 0 Å². The number of nitrogens with one attached hydrogen (secondary N) is 1. The van der Waals surface area contributed by atoms with Crippen LogP contribution in [0.4, 0.5) is 0 Å². The Kier molecular flexibility index (Phi) is 9.83. The largest absolute Gasteiger partial charge is 0.469 e. The number of nitrogens with two attached hydrogens (primary N) is 1. The number of nitrogens with zero attached hydrogens (tertiary/aromatic N) is 2. The normalized spacial score (nSPS) is 17.1. The minimum Gasteiger partial charge on any atom is -0.469 e. The Balaban J connectivity index is 0.00000341. The van der Waals surface area contributed by atoms with E-state index in [1.165, 1.54) is 25.0 Å². The van der Waals surface area contributed by atoms with Gasteiger partial charge in [-0.1, -0.05) is 26.0 Å². The fourth-order valence-corrected chi connectivity index (χ4v) is 4.37. The van der Waals surface area contributed by atoms with Crippen LogP contribution in [0.3, 0.4) is 0 Å². The van der Waals surface area contributed by atoms with Gasteiger partial charge in [0, 0.05) is 26.1 Å². The van der Waals surface area contributed by atoms with Crippen LogP contribution in [0.15, 0.2) is 57.0 Å². The fourth-order valence-electron chi connectivity index (χ4n) is 3.85. The molecule has 1 aliphatic rings. The van der Waals surface area contributed by atoms with Crippen molar-refractivity contribution in [2.75, 3.05) is 19.6 Å². The van der Waals surface area contributed by atoms with Gasteiger partial charge in [0.2, 0.25) is 10.0 Å². The molecule has 172 valence electrons. The molecule has 1 atom stereocenters. The number of hydrogen-bond donors (Lipinski definition) is 2. The third kappa shape index (κ3) is 8.12. The van der Waals surface area contributed by atoms with Crippen molar-refractivity contribution in [1.82, 2.24) is 10.2 Å². The molecule has 0 spiro atoms. The summed E-state index contributed by atoms with van der Waals surface area (Å²) in [6.07, 6.45) is 4.89. The number of benzene rings is 1. The average Bonchev–Trinajstić information content (AvgIpc) is 3.36. The Morgan fingerprint density at radius 3 is 2.65 bits per heavy atom. The van der Waals surface area contributed by atoms with Crippen molar-refractivity contribution in [3.05, 3.63) is 54.0 Å². The molecule has 1 saturated heterocycles. The zero-order chi connectivity index (χ0) is 21.6. The fraction of sp³-hybridized carbons (Fsp3) is 0.500. The number of guanidine groups is 1. The quantitative estimate of drug-likeness (QED) is 0.292. The van der Waals surface area contributed by atoms with E-state index in [-0.39, 0.29) is 28.9 Å². The van der Waals surface area contributed by atoms with Crippen LogP contribution in [0.5, 0.6) is 0 Å². The van der Waals surface area contributed by atoms with Crippen LogP contribution in [0.2, 0.25) is 0 Å². The first-order valence-electron chi connectivity index (χ1n) is 10.5. The number of hydrogen-bond acceptors (Lipinski definition) is 4. The van der Waals surface area contributed by atoms with E-state index in [9.17, 15) is 8.42 Å². The lowest BCUT2D eigenvalue weighted by Crippen LogP contribution is -2.41. The van der Waals surface area contributed by atoms with Gasteiger partial charge in [-0.3, -0.25) is 0 Å². The zero-order valence-corrected chi connectivity index (χ0v) is 21.3. The van der Waals surface area contributed by atoms with E-state index in [0.29, 0.717) is 18.4 Å². The predicted octanol–water partition coefficient (Wildman–Crippen LogP) is 3.60. The molecule has 7 nitrogen and oxygen atoms in total.